The summed E-state index contributed by atoms with van der Waals surface area (Å²) in [4.78, 5) is 1.41. The minimum absolute atomic E-state index is 0.374. The van der Waals surface area contributed by atoms with Crippen LogP contribution in [0.3, 0.4) is 0 Å². The van der Waals surface area contributed by atoms with Gasteiger partial charge in [-0.25, -0.2) is 8.42 Å². The van der Waals surface area contributed by atoms with Crippen molar-refractivity contribution >= 4 is 27.0 Å². The highest BCUT2D eigenvalue weighted by Crippen LogP contribution is 2.27. The van der Waals surface area contributed by atoms with Crippen molar-refractivity contribution in [3.63, 3.8) is 0 Å². The zero-order valence-corrected chi connectivity index (χ0v) is 12.8. The summed E-state index contributed by atoms with van der Waals surface area (Å²) in [5.41, 5.74) is 2.13. The van der Waals surface area contributed by atoms with E-state index in [9.17, 15) is 8.42 Å². The molecule has 6 heteroatoms. The van der Waals surface area contributed by atoms with Gasteiger partial charge in [-0.15, -0.1) is 11.3 Å². The van der Waals surface area contributed by atoms with E-state index >= 15 is 0 Å². The Labute approximate surface area is 123 Å². The zero-order chi connectivity index (χ0) is 14.2. The van der Waals surface area contributed by atoms with Gasteiger partial charge in [0.1, 0.15) is 0 Å². The van der Waals surface area contributed by atoms with Gasteiger partial charge in [-0.1, -0.05) is 6.07 Å². The molecule has 0 unspecified atom stereocenters. The fraction of sp³-hybridized carbons (Fsp3) is 0.286. The highest BCUT2D eigenvalue weighted by Gasteiger charge is 2.23. The molecule has 0 saturated heterocycles. The van der Waals surface area contributed by atoms with E-state index < -0.39 is 10.0 Å². The monoisotopic (exact) mass is 308 g/mol. The van der Waals surface area contributed by atoms with Crippen LogP contribution in [0.2, 0.25) is 0 Å². The topological polar surface area (TPSA) is 49.4 Å². The highest BCUT2D eigenvalue weighted by molar-refractivity contribution is 7.89. The highest BCUT2D eigenvalue weighted by atomic mass is 32.2. The van der Waals surface area contributed by atoms with Crippen LogP contribution in [-0.4, -0.2) is 26.3 Å². The lowest BCUT2D eigenvalue weighted by Crippen LogP contribution is -2.26. The van der Waals surface area contributed by atoms with Gasteiger partial charge in [0.2, 0.25) is 10.0 Å². The molecule has 0 amide bonds. The van der Waals surface area contributed by atoms with E-state index in [2.05, 4.69) is 5.32 Å². The molecule has 0 bridgehead atoms. The third-order valence-corrected chi connectivity index (χ3v) is 6.11. The number of fused-ring (bicyclic) bond motifs is 1. The van der Waals surface area contributed by atoms with Gasteiger partial charge < -0.3 is 5.32 Å². The van der Waals surface area contributed by atoms with E-state index in [0.29, 0.717) is 11.4 Å². The van der Waals surface area contributed by atoms with Crippen LogP contribution < -0.4 is 5.32 Å². The van der Waals surface area contributed by atoms with Gasteiger partial charge in [0, 0.05) is 30.7 Å². The summed E-state index contributed by atoms with van der Waals surface area (Å²) in [5, 5.41) is 5.19. The van der Waals surface area contributed by atoms with Gasteiger partial charge in [0.15, 0.2) is 0 Å². The standard InChI is InChI=1S/C14H16N2O2S2/c1-16(10-12-3-2-8-19-12)20(17,18)13-4-5-14-11(9-13)6-7-15-14/h2-5,8-9,15H,6-7,10H2,1H3. The third kappa shape index (κ3) is 2.46. The molecule has 4 nitrogen and oxygen atoms in total. The number of anilines is 1. The van der Waals surface area contributed by atoms with E-state index in [1.165, 1.54) is 4.31 Å². The Morgan fingerprint density at radius 2 is 2.20 bits per heavy atom. The first kappa shape index (κ1) is 13.6. The van der Waals surface area contributed by atoms with Crippen molar-refractivity contribution in [2.45, 2.75) is 17.9 Å². The van der Waals surface area contributed by atoms with Crippen molar-refractivity contribution in [2.75, 3.05) is 18.9 Å². The number of nitrogens with one attached hydrogen (secondary N) is 1. The van der Waals surface area contributed by atoms with Crippen LogP contribution in [0.1, 0.15) is 10.4 Å². The largest absolute Gasteiger partial charge is 0.384 e. The second-order valence-electron chi connectivity index (χ2n) is 4.84. The van der Waals surface area contributed by atoms with Crippen LogP contribution in [0.5, 0.6) is 0 Å². The molecule has 20 heavy (non-hydrogen) atoms. The Balaban J connectivity index is 1.87. The van der Waals surface area contributed by atoms with Gasteiger partial charge in [-0.3, -0.25) is 0 Å². The minimum atomic E-state index is -3.42. The number of nitrogens with zero attached hydrogens (tertiary/aromatic N) is 1. The fourth-order valence-corrected chi connectivity index (χ4v) is 4.37. The molecule has 106 valence electrons. The van der Waals surface area contributed by atoms with Gasteiger partial charge in [-0.2, -0.15) is 4.31 Å². The Hall–Kier alpha value is -1.37. The van der Waals surface area contributed by atoms with Crippen LogP contribution >= 0.6 is 11.3 Å². The molecule has 1 N–H and O–H groups in total. The molecule has 1 aromatic heterocycles. The van der Waals surface area contributed by atoms with E-state index in [4.69, 9.17) is 0 Å². The van der Waals surface area contributed by atoms with Crippen LogP contribution in [0.4, 0.5) is 5.69 Å². The molecule has 0 radical (unpaired) electrons. The molecule has 1 aromatic carbocycles. The van der Waals surface area contributed by atoms with Crippen molar-refractivity contribution in [3.8, 4) is 0 Å². The molecule has 0 fully saturated rings. The van der Waals surface area contributed by atoms with Gasteiger partial charge in [0.05, 0.1) is 4.90 Å². The average Bonchev–Trinajstić information content (AvgIpc) is 3.07. The molecule has 2 heterocycles. The lowest BCUT2D eigenvalue weighted by atomic mass is 10.2. The molecule has 0 saturated carbocycles. The second-order valence-corrected chi connectivity index (χ2v) is 7.91. The maximum Gasteiger partial charge on any atom is 0.243 e. The summed E-state index contributed by atoms with van der Waals surface area (Å²) in [7, 11) is -1.80. The number of benzene rings is 1. The second kappa shape index (κ2) is 5.20. The quantitative estimate of drug-likeness (QED) is 0.944. The summed E-state index contributed by atoms with van der Waals surface area (Å²) < 4.78 is 26.5. The zero-order valence-electron chi connectivity index (χ0n) is 11.2. The van der Waals surface area contributed by atoms with Crippen molar-refractivity contribution < 1.29 is 8.42 Å². The Morgan fingerprint density at radius 1 is 1.35 bits per heavy atom. The number of hydrogen-bond acceptors (Lipinski definition) is 4. The number of hydrogen-bond donors (Lipinski definition) is 1. The molecule has 3 rings (SSSR count). The SMILES string of the molecule is CN(Cc1cccs1)S(=O)(=O)c1ccc2c(c1)CCN2. The van der Waals surface area contributed by atoms with Crippen LogP contribution in [0.25, 0.3) is 0 Å². The van der Waals surface area contributed by atoms with Crippen molar-refractivity contribution in [1.82, 2.24) is 4.31 Å². The molecule has 0 spiro atoms. The molecule has 1 aliphatic heterocycles. The fourth-order valence-electron chi connectivity index (χ4n) is 2.33. The predicted octanol–water partition coefficient (Wildman–Crippen LogP) is 2.54. The first-order chi connectivity index (χ1) is 9.57. The number of rotatable bonds is 4. The predicted molar refractivity (Wildman–Crippen MR) is 81.6 cm³/mol. The molecular weight excluding hydrogens is 292 g/mol. The summed E-state index contributed by atoms with van der Waals surface area (Å²) in [6.07, 6.45) is 0.882. The van der Waals surface area contributed by atoms with Crippen LogP contribution in [0.15, 0.2) is 40.6 Å². The molecule has 1 aliphatic rings. The lowest BCUT2D eigenvalue weighted by Gasteiger charge is -2.17. The Morgan fingerprint density at radius 3 is 2.95 bits per heavy atom. The van der Waals surface area contributed by atoms with Crippen molar-refractivity contribution in [2.24, 2.45) is 0 Å². The molecular formula is C14H16N2O2S2. The molecule has 2 aromatic rings. The van der Waals surface area contributed by atoms with E-state index in [1.54, 1.807) is 30.5 Å². The van der Waals surface area contributed by atoms with Gasteiger partial charge >= 0.3 is 0 Å². The maximum atomic E-state index is 12.6. The Bertz CT molecular complexity index is 709. The maximum absolute atomic E-state index is 12.6. The third-order valence-electron chi connectivity index (χ3n) is 3.45. The summed E-state index contributed by atoms with van der Waals surface area (Å²) in [6.45, 7) is 1.29. The van der Waals surface area contributed by atoms with Gasteiger partial charge in [0.25, 0.3) is 0 Å². The average molecular weight is 308 g/mol. The lowest BCUT2D eigenvalue weighted by molar-refractivity contribution is 0.469. The number of thiophene rings is 1. The summed E-state index contributed by atoms with van der Waals surface area (Å²) >= 11 is 1.57. The molecule has 0 atom stereocenters. The van der Waals surface area contributed by atoms with E-state index in [1.807, 2.05) is 23.6 Å². The normalized spacial score (nSPS) is 14.3. The first-order valence-corrected chi connectivity index (χ1v) is 8.75. The summed E-state index contributed by atoms with van der Waals surface area (Å²) in [5.74, 6) is 0. The minimum Gasteiger partial charge on any atom is -0.384 e. The van der Waals surface area contributed by atoms with Crippen LogP contribution in [0, 0.1) is 0 Å². The first-order valence-electron chi connectivity index (χ1n) is 6.43. The summed E-state index contributed by atoms with van der Waals surface area (Å²) in [6, 6.07) is 9.20. The van der Waals surface area contributed by atoms with E-state index in [-0.39, 0.29) is 0 Å². The van der Waals surface area contributed by atoms with E-state index in [0.717, 1.165) is 29.1 Å². The smallest absolute Gasteiger partial charge is 0.243 e. The van der Waals surface area contributed by atoms with Crippen molar-refractivity contribution in [1.29, 1.82) is 0 Å². The molecule has 0 aliphatic carbocycles. The van der Waals surface area contributed by atoms with Gasteiger partial charge in [-0.05, 0) is 41.6 Å². The Kier molecular flexibility index (Phi) is 3.54. The van der Waals surface area contributed by atoms with Crippen molar-refractivity contribution in [3.05, 3.63) is 46.2 Å². The van der Waals surface area contributed by atoms with Crippen LogP contribution in [-0.2, 0) is 23.0 Å². The number of sulfonamides is 1.